The summed E-state index contributed by atoms with van der Waals surface area (Å²) < 4.78 is 63.8. The van der Waals surface area contributed by atoms with E-state index in [1.54, 1.807) is 21.9 Å². The molecule has 2 aromatic rings. The number of hydrogen-bond donors (Lipinski definition) is 1. The number of carbonyl (C=O) groups excluding carboxylic acids is 1. The number of sulfonamides is 1. The number of nitrogens with one attached hydrogen (secondary N) is 1. The third-order valence-electron chi connectivity index (χ3n) is 7.09. The first-order chi connectivity index (χ1) is 17.7. The van der Waals surface area contributed by atoms with E-state index in [4.69, 9.17) is 23.2 Å². The standard InChI is InChI=1S/C24H28Cl2F3N5O3S/c1-15(31-22-6-4-17(12-30-22)24(27,28)29)18-13-33(14-19(18)16-3-5-20(25)21(26)11-16)23(35)32-7-9-34(10-8-32)38(2,36)37/h3-6,11-12,15,18-19H,7-10,13-14H2,1-2H3,(H,30,31)/t15-,18-,19+/m0/s1. The summed E-state index contributed by atoms with van der Waals surface area (Å²) in [5.74, 6) is 0.0284. The minimum atomic E-state index is -4.48. The number of piperazine rings is 1. The molecule has 0 unspecified atom stereocenters. The van der Waals surface area contributed by atoms with Gasteiger partial charge in [-0.2, -0.15) is 17.5 Å². The molecule has 1 aromatic carbocycles. The van der Waals surface area contributed by atoms with Gasteiger partial charge in [0.15, 0.2) is 0 Å². The fourth-order valence-corrected chi connectivity index (χ4v) is 6.12. The maximum Gasteiger partial charge on any atom is 0.417 e. The summed E-state index contributed by atoms with van der Waals surface area (Å²) in [6, 6.07) is 7.12. The number of aromatic nitrogens is 1. The third kappa shape index (κ3) is 6.47. The van der Waals surface area contributed by atoms with Crippen molar-refractivity contribution in [3.05, 3.63) is 57.7 Å². The highest BCUT2D eigenvalue weighted by Gasteiger charge is 2.41. The maximum atomic E-state index is 13.4. The Morgan fingerprint density at radius 1 is 1.05 bits per heavy atom. The summed E-state index contributed by atoms with van der Waals surface area (Å²) in [5.41, 5.74) is 0.0496. The Bertz CT molecular complexity index is 1270. The average Bonchev–Trinajstić information content (AvgIpc) is 3.30. The van der Waals surface area contributed by atoms with Crippen LogP contribution in [0.25, 0.3) is 0 Å². The zero-order valence-electron chi connectivity index (χ0n) is 20.8. The van der Waals surface area contributed by atoms with E-state index in [2.05, 4.69) is 10.3 Å². The zero-order chi connectivity index (χ0) is 27.8. The van der Waals surface area contributed by atoms with Crippen molar-refractivity contribution < 1.29 is 26.4 Å². The van der Waals surface area contributed by atoms with E-state index in [-0.39, 0.29) is 50.1 Å². The van der Waals surface area contributed by atoms with Gasteiger partial charge < -0.3 is 15.1 Å². The van der Waals surface area contributed by atoms with Crippen molar-refractivity contribution >= 4 is 45.1 Å². The number of amides is 2. The number of halogens is 5. The fourth-order valence-electron chi connectivity index (χ4n) is 4.99. The van der Waals surface area contributed by atoms with E-state index in [0.717, 1.165) is 24.1 Å². The van der Waals surface area contributed by atoms with Crippen molar-refractivity contribution in [2.75, 3.05) is 50.8 Å². The topological polar surface area (TPSA) is 85.8 Å². The first-order valence-electron chi connectivity index (χ1n) is 12.0. The molecule has 2 amide bonds. The quantitative estimate of drug-likeness (QED) is 0.547. The van der Waals surface area contributed by atoms with Gasteiger partial charge in [0.05, 0.1) is 21.9 Å². The monoisotopic (exact) mass is 593 g/mol. The Balaban J connectivity index is 1.52. The lowest BCUT2D eigenvalue weighted by Gasteiger charge is -2.35. The van der Waals surface area contributed by atoms with Gasteiger partial charge >= 0.3 is 12.2 Å². The molecule has 3 atom stereocenters. The minimum absolute atomic E-state index is 0.127. The van der Waals surface area contributed by atoms with Gasteiger partial charge in [0, 0.05) is 63.3 Å². The Kier molecular flexibility index (Phi) is 8.37. The Labute approximate surface area is 229 Å². The van der Waals surface area contributed by atoms with Crippen molar-refractivity contribution in [3.8, 4) is 0 Å². The SMILES string of the molecule is C[C@H](Nc1ccc(C(F)(F)F)cn1)[C@@H]1CN(C(=O)N2CCN(S(C)(=O)=O)CC2)C[C@@H]1c1ccc(Cl)c(Cl)c1. The van der Waals surface area contributed by atoms with Crippen LogP contribution in [-0.2, 0) is 16.2 Å². The zero-order valence-corrected chi connectivity index (χ0v) is 23.1. The van der Waals surface area contributed by atoms with Gasteiger partial charge in [0.1, 0.15) is 5.82 Å². The first kappa shape index (κ1) is 28.7. The molecule has 2 aliphatic rings. The van der Waals surface area contributed by atoms with Gasteiger partial charge in [-0.05, 0) is 36.8 Å². The van der Waals surface area contributed by atoms with Crippen molar-refractivity contribution in [1.29, 1.82) is 0 Å². The largest absolute Gasteiger partial charge is 0.417 e. The van der Waals surface area contributed by atoms with E-state index in [1.165, 1.54) is 10.4 Å². The van der Waals surface area contributed by atoms with Gasteiger partial charge in [0.25, 0.3) is 0 Å². The number of carbonyl (C=O) groups is 1. The van der Waals surface area contributed by atoms with Crippen LogP contribution in [0.15, 0.2) is 36.5 Å². The number of likely N-dealkylation sites (tertiary alicyclic amines) is 1. The summed E-state index contributed by atoms with van der Waals surface area (Å²) in [5, 5.41) is 3.98. The molecular weight excluding hydrogens is 566 g/mol. The van der Waals surface area contributed by atoms with Crippen molar-refractivity contribution in [2.24, 2.45) is 5.92 Å². The molecule has 2 saturated heterocycles. The predicted molar refractivity (Wildman–Crippen MR) is 140 cm³/mol. The van der Waals surface area contributed by atoms with Gasteiger partial charge in [0.2, 0.25) is 10.0 Å². The number of anilines is 1. The van der Waals surface area contributed by atoms with Gasteiger partial charge in [-0.3, -0.25) is 0 Å². The van der Waals surface area contributed by atoms with E-state index >= 15 is 0 Å². The molecule has 1 N–H and O–H groups in total. The molecule has 8 nitrogen and oxygen atoms in total. The molecule has 38 heavy (non-hydrogen) atoms. The van der Waals surface area contributed by atoms with E-state index in [9.17, 15) is 26.4 Å². The molecule has 0 radical (unpaired) electrons. The van der Waals surface area contributed by atoms with Crippen LogP contribution in [-0.4, -0.2) is 85.1 Å². The number of hydrogen-bond acceptors (Lipinski definition) is 5. The van der Waals surface area contributed by atoms with Crippen LogP contribution in [0.5, 0.6) is 0 Å². The summed E-state index contributed by atoms with van der Waals surface area (Å²) in [4.78, 5) is 20.7. The lowest BCUT2D eigenvalue weighted by atomic mass is 9.84. The maximum absolute atomic E-state index is 13.4. The van der Waals surface area contributed by atoms with Gasteiger partial charge in [-0.1, -0.05) is 29.3 Å². The molecule has 1 aromatic heterocycles. The summed E-state index contributed by atoms with van der Waals surface area (Å²) in [6.45, 7) is 3.70. The van der Waals surface area contributed by atoms with Crippen LogP contribution in [0, 0.1) is 5.92 Å². The summed E-state index contributed by atoms with van der Waals surface area (Å²) in [6.07, 6.45) is -2.54. The molecule has 3 heterocycles. The number of urea groups is 1. The fraction of sp³-hybridized carbons (Fsp3) is 0.500. The lowest BCUT2D eigenvalue weighted by molar-refractivity contribution is -0.137. The Morgan fingerprint density at radius 3 is 2.29 bits per heavy atom. The number of benzene rings is 1. The molecule has 0 spiro atoms. The minimum Gasteiger partial charge on any atom is -0.367 e. The second-order valence-electron chi connectivity index (χ2n) is 9.64. The summed E-state index contributed by atoms with van der Waals surface area (Å²) >= 11 is 12.4. The highest BCUT2D eigenvalue weighted by Crippen LogP contribution is 2.38. The average molecular weight is 594 g/mol. The van der Waals surface area contributed by atoms with Crippen LogP contribution >= 0.6 is 23.2 Å². The lowest BCUT2D eigenvalue weighted by Crippen LogP contribution is -2.53. The van der Waals surface area contributed by atoms with E-state index in [0.29, 0.717) is 29.0 Å². The molecular formula is C24H28Cl2F3N5O3S. The number of nitrogens with zero attached hydrogens (tertiary/aromatic N) is 4. The third-order valence-corrected chi connectivity index (χ3v) is 9.14. The number of rotatable bonds is 5. The van der Waals surface area contributed by atoms with E-state index < -0.39 is 21.8 Å². The molecule has 2 fully saturated rings. The summed E-state index contributed by atoms with van der Waals surface area (Å²) in [7, 11) is -3.33. The first-order valence-corrected chi connectivity index (χ1v) is 14.6. The highest BCUT2D eigenvalue weighted by molar-refractivity contribution is 7.88. The van der Waals surface area contributed by atoms with Crippen molar-refractivity contribution in [3.63, 3.8) is 0 Å². The normalized spacial score (nSPS) is 22.0. The van der Waals surface area contributed by atoms with Crippen LogP contribution < -0.4 is 5.32 Å². The molecule has 4 rings (SSSR count). The Morgan fingerprint density at radius 2 is 1.74 bits per heavy atom. The van der Waals surface area contributed by atoms with Crippen molar-refractivity contribution in [1.82, 2.24) is 19.1 Å². The van der Waals surface area contributed by atoms with E-state index in [1.807, 2.05) is 13.0 Å². The Hall–Kier alpha value is -2.28. The van der Waals surface area contributed by atoms with Crippen LogP contribution in [0.1, 0.15) is 24.0 Å². The molecule has 14 heteroatoms. The van der Waals surface area contributed by atoms with Gasteiger partial charge in [-0.25, -0.2) is 18.2 Å². The van der Waals surface area contributed by atoms with Crippen LogP contribution in [0.4, 0.5) is 23.8 Å². The second kappa shape index (κ2) is 11.1. The highest BCUT2D eigenvalue weighted by atomic mass is 35.5. The number of alkyl halides is 3. The second-order valence-corrected chi connectivity index (χ2v) is 12.4. The molecule has 2 aliphatic heterocycles. The molecule has 0 aliphatic carbocycles. The molecule has 208 valence electrons. The van der Waals surface area contributed by atoms with Crippen LogP contribution in [0.2, 0.25) is 10.0 Å². The van der Waals surface area contributed by atoms with Gasteiger partial charge in [-0.15, -0.1) is 0 Å². The predicted octanol–water partition coefficient (Wildman–Crippen LogP) is 4.62. The molecule has 0 saturated carbocycles. The van der Waals surface area contributed by atoms with Crippen molar-refractivity contribution in [2.45, 2.75) is 25.1 Å². The number of pyridine rings is 1. The molecule has 0 bridgehead atoms. The smallest absolute Gasteiger partial charge is 0.367 e. The van der Waals surface area contributed by atoms with Crippen LogP contribution in [0.3, 0.4) is 0 Å².